The Balaban J connectivity index is 1.82. The van der Waals surface area contributed by atoms with E-state index < -0.39 is 17.8 Å². The average molecular weight is 410 g/mol. The van der Waals surface area contributed by atoms with Crippen LogP contribution in [0.4, 0.5) is 10.2 Å². The number of amides is 1. The van der Waals surface area contributed by atoms with Gasteiger partial charge in [-0.1, -0.05) is 36.4 Å². The lowest BCUT2D eigenvalue weighted by molar-refractivity contribution is 0.0912. The van der Waals surface area contributed by atoms with Crippen LogP contribution in [-0.4, -0.2) is 41.3 Å². The number of nitrogen functional groups attached to an aromatic ring is 1. The molecule has 30 heavy (non-hydrogen) atoms. The van der Waals surface area contributed by atoms with Gasteiger partial charge in [-0.05, 0) is 17.7 Å². The second-order valence-electron chi connectivity index (χ2n) is 6.65. The number of aliphatic hydroxyl groups is 1. The van der Waals surface area contributed by atoms with Gasteiger partial charge in [0.25, 0.3) is 5.91 Å². The zero-order valence-electron chi connectivity index (χ0n) is 16.5. The predicted molar refractivity (Wildman–Crippen MR) is 111 cm³/mol. The molecule has 1 atom stereocenters. The summed E-state index contributed by atoms with van der Waals surface area (Å²) in [7, 11) is 1.59. The highest BCUT2D eigenvalue weighted by Crippen LogP contribution is 2.25. The highest BCUT2D eigenvalue weighted by molar-refractivity contribution is 5.95. The fourth-order valence-electron chi connectivity index (χ4n) is 2.98. The lowest BCUT2D eigenvalue weighted by Crippen LogP contribution is -2.31. The number of benzene rings is 2. The van der Waals surface area contributed by atoms with Crippen LogP contribution in [0.5, 0.6) is 0 Å². The number of carbonyl (C=O) groups excluding carboxylic acids is 1. The van der Waals surface area contributed by atoms with Gasteiger partial charge in [-0.2, -0.15) is 0 Å². The van der Waals surface area contributed by atoms with E-state index in [0.29, 0.717) is 30.0 Å². The van der Waals surface area contributed by atoms with Gasteiger partial charge in [-0.15, -0.1) is 0 Å². The summed E-state index contributed by atoms with van der Waals surface area (Å²) < 4.78 is 19.8. The standard InChI is InChI=1S/C22H23FN4O3/c1-30-10-9-16-12-25-21(24)20(26-16)15-7-8-17(18(23)11-15)22(29)27-19(13-28)14-5-3-2-4-6-14/h2-8,11-12,19,28H,9-10,13H2,1H3,(H2,24,25)(H,27,29)/t19-/m1/s1. The van der Waals surface area contributed by atoms with Crippen molar-refractivity contribution in [3.05, 3.63) is 77.4 Å². The van der Waals surface area contributed by atoms with Crippen molar-refractivity contribution < 1.29 is 19.0 Å². The molecule has 0 radical (unpaired) electrons. The number of rotatable bonds is 8. The van der Waals surface area contributed by atoms with Crippen LogP contribution >= 0.6 is 0 Å². The first-order valence-corrected chi connectivity index (χ1v) is 9.40. The van der Waals surface area contributed by atoms with Gasteiger partial charge in [-0.3, -0.25) is 4.79 Å². The van der Waals surface area contributed by atoms with E-state index in [1.54, 1.807) is 43.6 Å². The Labute approximate surface area is 173 Å². The van der Waals surface area contributed by atoms with Gasteiger partial charge < -0.3 is 20.9 Å². The minimum atomic E-state index is -0.724. The van der Waals surface area contributed by atoms with E-state index in [2.05, 4.69) is 15.3 Å². The molecule has 0 bridgehead atoms. The number of hydrogen-bond acceptors (Lipinski definition) is 6. The van der Waals surface area contributed by atoms with Crippen molar-refractivity contribution in [2.24, 2.45) is 0 Å². The molecule has 1 heterocycles. The van der Waals surface area contributed by atoms with Gasteiger partial charge in [0.1, 0.15) is 17.3 Å². The topological polar surface area (TPSA) is 110 Å². The number of nitrogens with two attached hydrogens (primary N) is 1. The van der Waals surface area contributed by atoms with E-state index in [-0.39, 0.29) is 18.0 Å². The predicted octanol–water partition coefficient (Wildman–Crippen LogP) is 2.52. The van der Waals surface area contributed by atoms with E-state index in [1.165, 1.54) is 12.1 Å². The molecular weight excluding hydrogens is 387 g/mol. The first-order chi connectivity index (χ1) is 14.5. The Kier molecular flexibility index (Phi) is 7.05. The Bertz CT molecular complexity index is 1010. The zero-order chi connectivity index (χ0) is 21.5. The molecule has 0 fully saturated rings. The largest absolute Gasteiger partial charge is 0.394 e. The second kappa shape index (κ2) is 9.91. The number of carbonyl (C=O) groups is 1. The number of anilines is 1. The number of nitrogens with one attached hydrogen (secondary N) is 1. The highest BCUT2D eigenvalue weighted by Gasteiger charge is 2.19. The molecule has 2 aromatic carbocycles. The molecule has 3 rings (SSSR count). The maximum Gasteiger partial charge on any atom is 0.254 e. The third kappa shape index (κ3) is 4.97. The van der Waals surface area contributed by atoms with Crippen LogP contribution in [0.1, 0.15) is 27.7 Å². The summed E-state index contributed by atoms with van der Waals surface area (Å²) in [5.41, 5.74) is 7.91. The van der Waals surface area contributed by atoms with E-state index in [4.69, 9.17) is 10.5 Å². The summed E-state index contributed by atoms with van der Waals surface area (Å²) in [6.45, 7) is 0.161. The van der Waals surface area contributed by atoms with Gasteiger partial charge >= 0.3 is 0 Å². The van der Waals surface area contributed by atoms with Gasteiger partial charge in [0.05, 0.1) is 36.7 Å². The molecule has 0 aliphatic heterocycles. The van der Waals surface area contributed by atoms with Crippen LogP contribution in [-0.2, 0) is 11.2 Å². The van der Waals surface area contributed by atoms with E-state index >= 15 is 0 Å². The number of aromatic nitrogens is 2. The monoisotopic (exact) mass is 410 g/mol. The van der Waals surface area contributed by atoms with E-state index in [0.717, 1.165) is 5.56 Å². The second-order valence-corrected chi connectivity index (χ2v) is 6.65. The van der Waals surface area contributed by atoms with Crippen molar-refractivity contribution in [1.82, 2.24) is 15.3 Å². The molecule has 7 nitrogen and oxygen atoms in total. The molecule has 0 aliphatic carbocycles. The normalized spacial score (nSPS) is 11.8. The van der Waals surface area contributed by atoms with Crippen LogP contribution in [0.3, 0.4) is 0 Å². The first-order valence-electron chi connectivity index (χ1n) is 9.40. The van der Waals surface area contributed by atoms with Crippen LogP contribution in [0, 0.1) is 5.82 Å². The van der Waals surface area contributed by atoms with Crippen molar-refractivity contribution >= 4 is 11.7 Å². The van der Waals surface area contributed by atoms with Gasteiger partial charge in [0.15, 0.2) is 0 Å². The average Bonchev–Trinajstić information content (AvgIpc) is 2.77. The van der Waals surface area contributed by atoms with Gasteiger partial charge in [0, 0.05) is 19.1 Å². The smallest absolute Gasteiger partial charge is 0.254 e. The molecular formula is C22H23FN4O3. The maximum atomic E-state index is 14.7. The summed E-state index contributed by atoms with van der Waals surface area (Å²) in [5, 5.41) is 12.3. The minimum absolute atomic E-state index is 0.143. The third-order valence-electron chi connectivity index (χ3n) is 4.59. The molecule has 0 aliphatic rings. The molecule has 0 saturated carbocycles. The van der Waals surface area contributed by atoms with Gasteiger partial charge in [-0.25, -0.2) is 14.4 Å². The molecule has 8 heteroatoms. The summed E-state index contributed by atoms with van der Waals surface area (Å²) in [6, 6.07) is 12.5. The van der Waals surface area contributed by atoms with E-state index in [1.807, 2.05) is 6.07 Å². The summed E-state index contributed by atoms with van der Waals surface area (Å²) in [4.78, 5) is 21.1. The van der Waals surface area contributed by atoms with Crippen LogP contribution < -0.4 is 11.1 Å². The van der Waals surface area contributed by atoms with Gasteiger partial charge in [0.2, 0.25) is 0 Å². The van der Waals surface area contributed by atoms with Crippen molar-refractivity contribution in [3.63, 3.8) is 0 Å². The Morgan fingerprint density at radius 1 is 1.27 bits per heavy atom. The molecule has 1 aromatic heterocycles. The summed E-state index contributed by atoms with van der Waals surface area (Å²) in [6.07, 6.45) is 2.09. The molecule has 3 aromatic rings. The van der Waals surface area contributed by atoms with Crippen molar-refractivity contribution in [2.75, 3.05) is 26.1 Å². The van der Waals surface area contributed by atoms with Crippen molar-refractivity contribution in [2.45, 2.75) is 12.5 Å². The van der Waals surface area contributed by atoms with Crippen molar-refractivity contribution in [3.8, 4) is 11.3 Å². The lowest BCUT2D eigenvalue weighted by atomic mass is 10.0. The number of nitrogens with zero attached hydrogens (tertiary/aromatic N) is 2. The Morgan fingerprint density at radius 2 is 2.03 bits per heavy atom. The fourth-order valence-corrected chi connectivity index (χ4v) is 2.98. The van der Waals surface area contributed by atoms with Crippen molar-refractivity contribution in [1.29, 1.82) is 0 Å². The van der Waals surface area contributed by atoms with E-state index in [9.17, 15) is 14.3 Å². The SMILES string of the molecule is COCCc1cnc(N)c(-c2ccc(C(=O)N[C@H](CO)c3ccccc3)c(F)c2)n1. The van der Waals surface area contributed by atoms with Crippen LogP contribution in [0.25, 0.3) is 11.3 Å². The maximum absolute atomic E-state index is 14.7. The minimum Gasteiger partial charge on any atom is -0.394 e. The summed E-state index contributed by atoms with van der Waals surface area (Å²) >= 11 is 0. The molecule has 0 saturated heterocycles. The quantitative estimate of drug-likeness (QED) is 0.526. The Hall–Kier alpha value is -3.36. The van der Waals surface area contributed by atoms with Crippen LogP contribution in [0.2, 0.25) is 0 Å². The van der Waals surface area contributed by atoms with Crippen LogP contribution in [0.15, 0.2) is 54.7 Å². The Morgan fingerprint density at radius 3 is 2.70 bits per heavy atom. The number of methoxy groups -OCH3 is 1. The molecule has 0 unspecified atom stereocenters. The number of hydrogen-bond donors (Lipinski definition) is 3. The lowest BCUT2D eigenvalue weighted by Gasteiger charge is -2.17. The number of ether oxygens (including phenoxy) is 1. The summed E-state index contributed by atoms with van der Waals surface area (Å²) in [5.74, 6) is -1.19. The fraction of sp³-hybridized carbons (Fsp3) is 0.227. The zero-order valence-corrected chi connectivity index (χ0v) is 16.5. The molecule has 1 amide bonds. The number of halogens is 1. The number of aliphatic hydroxyl groups excluding tert-OH is 1. The molecule has 4 N–H and O–H groups in total. The molecule has 0 spiro atoms. The third-order valence-corrected chi connectivity index (χ3v) is 4.59. The molecule has 156 valence electrons. The first kappa shape index (κ1) is 21.4. The highest BCUT2D eigenvalue weighted by atomic mass is 19.1.